The lowest BCUT2D eigenvalue weighted by molar-refractivity contribution is -0.147. The fourth-order valence-corrected chi connectivity index (χ4v) is 6.46. The van der Waals surface area contributed by atoms with E-state index in [4.69, 9.17) is 23.2 Å². The number of carbonyl (C=O) groups excluding carboxylic acids is 3. The molecule has 0 radical (unpaired) electrons. The van der Waals surface area contributed by atoms with Crippen molar-refractivity contribution in [2.45, 2.75) is 63.2 Å². The van der Waals surface area contributed by atoms with Crippen LogP contribution < -0.4 is 16.0 Å². The van der Waals surface area contributed by atoms with E-state index in [1.54, 1.807) is 18.2 Å². The monoisotopic (exact) mass is 642 g/mol. The summed E-state index contributed by atoms with van der Waals surface area (Å²) in [7, 11) is 0. The molecule has 0 aliphatic carbocycles. The van der Waals surface area contributed by atoms with Gasteiger partial charge in [-0.25, -0.2) is 4.79 Å². The molecule has 1 aliphatic heterocycles. The van der Waals surface area contributed by atoms with Crippen molar-refractivity contribution in [1.82, 2.24) is 20.9 Å². The minimum atomic E-state index is -1.60. The number of benzene rings is 3. The third-order valence-electron chi connectivity index (χ3n) is 7.48. The zero-order valence-electron chi connectivity index (χ0n) is 24.3. The Hall–Kier alpha value is -3.24. The fourth-order valence-electron chi connectivity index (χ4n) is 5.00. The summed E-state index contributed by atoms with van der Waals surface area (Å²) < 4.78 is -0.592. The second-order valence-electron chi connectivity index (χ2n) is 11.0. The molecule has 1 aliphatic rings. The second kappa shape index (κ2) is 14.5. The maximum Gasteiger partial charge on any atom is 0.315 e. The van der Waals surface area contributed by atoms with Crippen LogP contribution in [0.15, 0.2) is 72.8 Å². The molecule has 3 aromatic rings. The van der Waals surface area contributed by atoms with E-state index in [2.05, 4.69) is 16.0 Å². The first-order valence-corrected chi connectivity index (χ1v) is 15.7. The molecule has 228 valence electrons. The average molecular weight is 644 g/mol. The highest BCUT2D eigenvalue weighted by molar-refractivity contribution is 8.00. The molecule has 1 saturated heterocycles. The van der Waals surface area contributed by atoms with Gasteiger partial charge in [0.15, 0.2) is 6.10 Å². The van der Waals surface area contributed by atoms with Crippen LogP contribution in [0.3, 0.4) is 0 Å². The number of nitrogens with one attached hydrogen (secondary N) is 3. The van der Waals surface area contributed by atoms with E-state index < -0.39 is 34.9 Å². The molecule has 0 saturated carbocycles. The largest absolute Gasteiger partial charge is 0.381 e. The maximum atomic E-state index is 13.8. The van der Waals surface area contributed by atoms with Gasteiger partial charge in [0.25, 0.3) is 5.91 Å². The van der Waals surface area contributed by atoms with Gasteiger partial charge in [0.05, 0.1) is 22.0 Å². The van der Waals surface area contributed by atoms with Crippen molar-refractivity contribution in [1.29, 1.82) is 0 Å². The number of hydrogen-bond donors (Lipinski definition) is 4. The van der Waals surface area contributed by atoms with Gasteiger partial charge in [-0.1, -0.05) is 83.9 Å². The summed E-state index contributed by atoms with van der Waals surface area (Å²) in [5, 5.41) is 20.7. The molecule has 8 nitrogen and oxygen atoms in total. The van der Waals surface area contributed by atoms with Crippen molar-refractivity contribution in [2.24, 2.45) is 0 Å². The number of urea groups is 1. The van der Waals surface area contributed by atoms with Gasteiger partial charge in [-0.05, 0) is 61.6 Å². The van der Waals surface area contributed by atoms with Crippen molar-refractivity contribution in [3.8, 4) is 0 Å². The van der Waals surface area contributed by atoms with Crippen molar-refractivity contribution < 1.29 is 19.5 Å². The molecular formula is C32H36Cl2N4O4S. The number of amides is 4. The molecule has 4 rings (SSSR count). The maximum absolute atomic E-state index is 13.8. The van der Waals surface area contributed by atoms with Gasteiger partial charge < -0.3 is 26.0 Å². The molecule has 3 atom stereocenters. The van der Waals surface area contributed by atoms with Crippen LogP contribution in [0.5, 0.6) is 0 Å². The summed E-state index contributed by atoms with van der Waals surface area (Å²) in [4.78, 5) is 41.7. The summed E-state index contributed by atoms with van der Waals surface area (Å²) in [6.45, 7) is 6.27. The lowest BCUT2D eigenvalue weighted by Crippen LogP contribution is -2.59. The molecule has 0 aromatic heterocycles. The molecule has 1 fully saturated rings. The van der Waals surface area contributed by atoms with E-state index >= 15 is 0 Å². The lowest BCUT2D eigenvalue weighted by Gasteiger charge is -2.33. The zero-order chi connectivity index (χ0) is 31.1. The predicted molar refractivity (Wildman–Crippen MR) is 172 cm³/mol. The summed E-state index contributed by atoms with van der Waals surface area (Å²) >= 11 is 13.5. The van der Waals surface area contributed by atoms with Crippen LogP contribution in [-0.4, -0.2) is 56.7 Å². The first-order valence-electron chi connectivity index (χ1n) is 13.9. The summed E-state index contributed by atoms with van der Waals surface area (Å²) in [6, 6.07) is 19.7. The Morgan fingerprint density at radius 3 is 2.35 bits per heavy atom. The molecule has 3 aromatic carbocycles. The van der Waals surface area contributed by atoms with Gasteiger partial charge in [0, 0.05) is 17.8 Å². The molecule has 0 unspecified atom stereocenters. The number of hydrogen-bond acceptors (Lipinski definition) is 5. The van der Waals surface area contributed by atoms with E-state index in [1.165, 1.54) is 16.7 Å². The second-order valence-corrected chi connectivity index (χ2v) is 13.5. The van der Waals surface area contributed by atoms with Gasteiger partial charge in [-0.3, -0.25) is 9.59 Å². The predicted octanol–water partition coefficient (Wildman–Crippen LogP) is 5.07. The summed E-state index contributed by atoms with van der Waals surface area (Å²) in [6.07, 6.45) is -1.40. The highest BCUT2D eigenvalue weighted by Crippen LogP contribution is 2.40. The summed E-state index contributed by atoms with van der Waals surface area (Å²) in [5.74, 6) is -0.696. The molecular weight excluding hydrogens is 607 g/mol. The summed E-state index contributed by atoms with van der Waals surface area (Å²) in [5.41, 5.74) is 3.60. The van der Waals surface area contributed by atoms with Crippen LogP contribution >= 0.6 is 35.0 Å². The van der Waals surface area contributed by atoms with Gasteiger partial charge >= 0.3 is 6.03 Å². The van der Waals surface area contributed by atoms with E-state index in [9.17, 15) is 19.5 Å². The molecule has 43 heavy (non-hydrogen) atoms. The van der Waals surface area contributed by atoms with Crippen molar-refractivity contribution in [2.75, 3.05) is 5.88 Å². The zero-order valence-corrected chi connectivity index (χ0v) is 26.6. The number of aryl methyl sites for hydroxylation is 1. The topological polar surface area (TPSA) is 111 Å². The van der Waals surface area contributed by atoms with Gasteiger partial charge in [0.1, 0.15) is 6.04 Å². The Kier molecular flexibility index (Phi) is 11.0. The SMILES string of the molecule is Cc1ccccc1CNC(=O)[C@H]1N(C(=O)[C@@H](O)[C@H](Cc2ccccc2)NC(=O)NCc2ccc(Cl)c(Cl)c2)CSC1(C)C. The number of carbonyl (C=O) groups is 3. The number of aliphatic hydroxyl groups is 1. The molecule has 0 spiro atoms. The number of halogens is 2. The van der Waals surface area contributed by atoms with E-state index in [-0.39, 0.29) is 24.7 Å². The van der Waals surface area contributed by atoms with Crippen LogP contribution in [-0.2, 0) is 29.1 Å². The highest BCUT2D eigenvalue weighted by Gasteiger charge is 2.49. The van der Waals surface area contributed by atoms with Crippen LogP contribution in [0.2, 0.25) is 10.0 Å². The third kappa shape index (κ3) is 8.44. The molecule has 1 heterocycles. The van der Waals surface area contributed by atoms with Crippen LogP contribution in [0.25, 0.3) is 0 Å². The molecule has 4 amide bonds. The minimum Gasteiger partial charge on any atom is -0.381 e. The van der Waals surface area contributed by atoms with Gasteiger partial charge in [-0.15, -0.1) is 11.8 Å². The van der Waals surface area contributed by atoms with Crippen LogP contribution in [0, 0.1) is 6.92 Å². The Balaban J connectivity index is 1.48. The average Bonchev–Trinajstić information content (AvgIpc) is 3.31. The van der Waals surface area contributed by atoms with E-state index in [1.807, 2.05) is 75.4 Å². The number of thioether (sulfide) groups is 1. The van der Waals surface area contributed by atoms with Crippen LogP contribution in [0.4, 0.5) is 4.79 Å². The van der Waals surface area contributed by atoms with Crippen molar-refractivity contribution in [3.63, 3.8) is 0 Å². The van der Waals surface area contributed by atoms with Crippen LogP contribution in [0.1, 0.15) is 36.1 Å². The first kappa shape index (κ1) is 32.7. The number of aliphatic hydroxyl groups excluding tert-OH is 1. The number of rotatable bonds is 10. The first-order chi connectivity index (χ1) is 20.5. The smallest absolute Gasteiger partial charge is 0.315 e. The van der Waals surface area contributed by atoms with E-state index in [0.717, 1.165) is 22.3 Å². The Morgan fingerprint density at radius 1 is 0.953 bits per heavy atom. The Labute approximate surface area is 266 Å². The lowest BCUT2D eigenvalue weighted by atomic mass is 9.97. The van der Waals surface area contributed by atoms with E-state index in [0.29, 0.717) is 16.6 Å². The quantitative estimate of drug-likeness (QED) is 0.247. The van der Waals surface area contributed by atoms with Crippen molar-refractivity contribution >= 4 is 52.8 Å². The molecule has 4 N–H and O–H groups in total. The molecule has 11 heteroatoms. The standard InChI is InChI=1S/C32H36Cl2N4O4S/c1-20-9-7-8-12-23(20)18-35-29(40)28-32(2,3)43-19-38(28)30(41)27(39)26(16-21-10-5-4-6-11-21)37-31(42)36-17-22-13-14-24(33)25(34)15-22/h4-15,26-28,39H,16-19H2,1-3H3,(H,35,40)(H2,36,37,42)/t26-,27-,28+/m0/s1. The Morgan fingerprint density at radius 2 is 1.65 bits per heavy atom. The minimum absolute atomic E-state index is 0.158. The van der Waals surface area contributed by atoms with Gasteiger partial charge in [-0.2, -0.15) is 0 Å². The fraction of sp³-hybridized carbons (Fsp3) is 0.344. The Bertz CT molecular complexity index is 1460. The normalized spacial score (nSPS) is 17.2. The number of nitrogens with zero attached hydrogens (tertiary/aromatic N) is 1. The third-order valence-corrected chi connectivity index (χ3v) is 9.59. The van der Waals surface area contributed by atoms with Gasteiger partial charge in [0.2, 0.25) is 5.91 Å². The highest BCUT2D eigenvalue weighted by atomic mass is 35.5. The van der Waals surface area contributed by atoms with Crippen molar-refractivity contribution in [3.05, 3.63) is 105 Å². The molecule has 0 bridgehead atoms.